The van der Waals surface area contributed by atoms with Crippen LogP contribution in [0.3, 0.4) is 0 Å². The number of hydrogen-bond acceptors (Lipinski definition) is 2. The highest BCUT2D eigenvalue weighted by molar-refractivity contribution is 5.76. The molecule has 1 aromatic carbocycles. The Hall–Kier alpha value is -1.35. The lowest BCUT2D eigenvalue weighted by atomic mass is 10.0. The Kier molecular flexibility index (Phi) is 5.86. The normalized spacial score (nSPS) is 14.0. The van der Waals surface area contributed by atoms with Crippen molar-refractivity contribution < 1.29 is 4.79 Å². The van der Waals surface area contributed by atoms with Crippen molar-refractivity contribution in [2.24, 2.45) is 11.7 Å². The average molecular weight is 248 g/mol. The van der Waals surface area contributed by atoms with Crippen LogP contribution in [0.2, 0.25) is 0 Å². The van der Waals surface area contributed by atoms with Gasteiger partial charge in [-0.2, -0.15) is 0 Å². The van der Waals surface area contributed by atoms with Crippen LogP contribution in [0.15, 0.2) is 24.3 Å². The molecule has 0 spiro atoms. The third-order valence-electron chi connectivity index (χ3n) is 3.38. The fraction of sp³-hybridized carbons (Fsp3) is 0.533. The first-order valence-electron chi connectivity index (χ1n) is 6.58. The van der Waals surface area contributed by atoms with Gasteiger partial charge < -0.3 is 11.1 Å². The van der Waals surface area contributed by atoms with Crippen molar-refractivity contribution in [3.8, 4) is 0 Å². The number of carbonyl (C=O) groups excluding carboxylic acids is 1. The number of nitrogens with two attached hydrogens (primary N) is 1. The summed E-state index contributed by atoms with van der Waals surface area (Å²) in [6, 6.07) is 8.45. The van der Waals surface area contributed by atoms with Crippen molar-refractivity contribution >= 4 is 5.91 Å². The van der Waals surface area contributed by atoms with Gasteiger partial charge in [-0.05, 0) is 38.3 Å². The quantitative estimate of drug-likeness (QED) is 0.809. The van der Waals surface area contributed by atoms with Crippen LogP contribution < -0.4 is 11.1 Å². The lowest BCUT2D eigenvalue weighted by molar-refractivity contribution is -0.121. The molecule has 2 atom stereocenters. The van der Waals surface area contributed by atoms with Gasteiger partial charge in [0.25, 0.3) is 0 Å². The Labute approximate surface area is 110 Å². The Morgan fingerprint density at radius 1 is 1.28 bits per heavy atom. The van der Waals surface area contributed by atoms with Crippen molar-refractivity contribution in [1.29, 1.82) is 0 Å². The fourth-order valence-electron chi connectivity index (χ4n) is 1.69. The second-order valence-corrected chi connectivity index (χ2v) is 5.05. The standard InChI is InChI=1S/C15H24N2O/c1-11-4-6-14(7-5-11)8-9-15(18)17-13(3)12(2)10-16/h4-7,12-13H,8-10,16H2,1-3H3,(H,17,18). The zero-order valence-corrected chi connectivity index (χ0v) is 11.6. The van der Waals surface area contributed by atoms with E-state index in [1.165, 1.54) is 11.1 Å². The SMILES string of the molecule is Cc1ccc(CCC(=O)NC(C)C(C)CN)cc1. The van der Waals surface area contributed by atoms with Gasteiger partial charge in [0.2, 0.25) is 5.91 Å². The zero-order valence-electron chi connectivity index (χ0n) is 11.6. The fourth-order valence-corrected chi connectivity index (χ4v) is 1.69. The Morgan fingerprint density at radius 2 is 1.89 bits per heavy atom. The molecule has 1 rings (SSSR count). The summed E-state index contributed by atoms with van der Waals surface area (Å²) < 4.78 is 0. The van der Waals surface area contributed by atoms with Crippen molar-refractivity contribution in [2.45, 2.75) is 39.7 Å². The van der Waals surface area contributed by atoms with E-state index in [1.807, 2.05) is 13.8 Å². The van der Waals surface area contributed by atoms with Crippen LogP contribution >= 0.6 is 0 Å². The van der Waals surface area contributed by atoms with Gasteiger partial charge in [0.15, 0.2) is 0 Å². The minimum Gasteiger partial charge on any atom is -0.353 e. The van der Waals surface area contributed by atoms with Crippen molar-refractivity contribution in [2.75, 3.05) is 6.54 Å². The minimum atomic E-state index is 0.100. The van der Waals surface area contributed by atoms with Crippen LogP contribution in [0.1, 0.15) is 31.4 Å². The van der Waals surface area contributed by atoms with E-state index >= 15 is 0 Å². The maximum Gasteiger partial charge on any atom is 0.220 e. The van der Waals surface area contributed by atoms with Gasteiger partial charge in [-0.1, -0.05) is 36.8 Å². The molecule has 1 aromatic rings. The van der Waals surface area contributed by atoms with Gasteiger partial charge in [-0.15, -0.1) is 0 Å². The van der Waals surface area contributed by atoms with Crippen LogP contribution in [0, 0.1) is 12.8 Å². The smallest absolute Gasteiger partial charge is 0.220 e. The molecule has 18 heavy (non-hydrogen) atoms. The van der Waals surface area contributed by atoms with Gasteiger partial charge in [0, 0.05) is 12.5 Å². The van der Waals surface area contributed by atoms with E-state index in [4.69, 9.17) is 5.73 Å². The predicted octanol–water partition coefficient (Wildman–Crippen LogP) is 2.03. The summed E-state index contributed by atoms with van der Waals surface area (Å²) in [6.07, 6.45) is 1.32. The van der Waals surface area contributed by atoms with E-state index in [0.29, 0.717) is 18.9 Å². The van der Waals surface area contributed by atoms with Crippen molar-refractivity contribution in [1.82, 2.24) is 5.32 Å². The number of nitrogens with one attached hydrogen (secondary N) is 1. The first kappa shape index (κ1) is 14.7. The van der Waals surface area contributed by atoms with E-state index < -0.39 is 0 Å². The van der Waals surface area contributed by atoms with Gasteiger partial charge in [0.05, 0.1) is 0 Å². The third kappa shape index (κ3) is 4.88. The molecule has 0 aliphatic carbocycles. The summed E-state index contributed by atoms with van der Waals surface area (Å²) in [5.41, 5.74) is 8.02. The molecule has 0 radical (unpaired) electrons. The van der Waals surface area contributed by atoms with E-state index in [0.717, 1.165) is 6.42 Å². The van der Waals surface area contributed by atoms with Crippen LogP contribution in [0.25, 0.3) is 0 Å². The molecule has 3 heteroatoms. The first-order valence-corrected chi connectivity index (χ1v) is 6.58. The molecule has 3 nitrogen and oxygen atoms in total. The number of amides is 1. The third-order valence-corrected chi connectivity index (χ3v) is 3.38. The van der Waals surface area contributed by atoms with Gasteiger partial charge >= 0.3 is 0 Å². The number of benzene rings is 1. The lowest BCUT2D eigenvalue weighted by Gasteiger charge is -2.19. The van der Waals surface area contributed by atoms with E-state index in [1.54, 1.807) is 0 Å². The molecule has 0 fully saturated rings. The molecule has 3 N–H and O–H groups in total. The minimum absolute atomic E-state index is 0.100. The molecule has 0 saturated carbocycles. The molecular weight excluding hydrogens is 224 g/mol. The number of carbonyl (C=O) groups is 1. The van der Waals surface area contributed by atoms with Crippen LogP contribution in [0.4, 0.5) is 0 Å². The van der Waals surface area contributed by atoms with Gasteiger partial charge in [-0.3, -0.25) is 4.79 Å². The van der Waals surface area contributed by atoms with Crippen molar-refractivity contribution in [3.05, 3.63) is 35.4 Å². The number of hydrogen-bond donors (Lipinski definition) is 2. The largest absolute Gasteiger partial charge is 0.353 e. The second-order valence-electron chi connectivity index (χ2n) is 5.05. The molecule has 0 heterocycles. The maximum atomic E-state index is 11.8. The highest BCUT2D eigenvalue weighted by Crippen LogP contribution is 2.06. The Morgan fingerprint density at radius 3 is 2.44 bits per heavy atom. The van der Waals surface area contributed by atoms with Crippen LogP contribution in [-0.4, -0.2) is 18.5 Å². The maximum absolute atomic E-state index is 11.8. The highest BCUT2D eigenvalue weighted by Gasteiger charge is 2.12. The molecular formula is C15H24N2O. The van der Waals surface area contributed by atoms with Gasteiger partial charge in [0.1, 0.15) is 0 Å². The molecule has 1 amide bonds. The van der Waals surface area contributed by atoms with Gasteiger partial charge in [-0.25, -0.2) is 0 Å². The summed E-state index contributed by atoms with van der Waals surface area (Å²) in [7, 11) is 0. The molecule has 0 aliphatic heterocycles. The molecule has 0 bridgehead atoms. The number of rotatable bonds is 6. The lowest BCUT2D eigenvalue weighted by Crippen LogP contribution is -2.39. The summed E-state index contributed by atoms with van der Waals surface area (Å²) in [5.74, 6) is 0.414. The Balaban J connectivity index is 2.35. The Bertz CT molecular complexity index is 373. The zero-order chi connectivity index (χ0) is 13.5. The van der Waals surface area contributed by atoms with E-state index in [-0.39, 0.29) is 11.9 Å². The average Bonchev–Trinajstić information content (AvgIpc) is 2.37. The highest BCUT2D eigenvalue weighted by atomic mass is 16.1. The number of aryl methyl sites for hydroxylation is 2. The summed E-state index contributed by atoms with van der Waals surface area (Å²) >= 11 is 0. The molecule has 0 aromatic heterocycles. The summed E-state index contributed by atoms with van der Waals surface area (Å²) in [5, 5.41) is 2.99. The molecule has 0 saturated heterocycles. The topological polar surface area (TPSA) is 55.1 Å². The molecule has 2 unspecified atom stereocenters. The summed E-state index contributed by atoms with van der Waals surface area (Å²) in [4.78, 5) is 11.8. The monoisotopic (exact) mass is 248 g/mol. The van der Waals surface area contributed by atoms with E-state index in [9.17, 15) is 4.79 Å². The molecule has 100 valence electrons. The van der Waals surface area contributed by atoms with E-state index in [2.05, 4.69) is 36.5 Å². The second kappa shape index (κ2) is 7.17. The van der Waals surface area contributed by atoms with Crippen molar-refractivity contribution in [3.63, 3.8) is 0 Å². The molecule has 0 aliphatic rings. The first-order chi connectivity index (χ1) is 8.52. The summed E-state index contributed by atoms with van der Waals surface area (Å²) in [6.45, 7) is 6.71. The van der Waals surface area contributed by atoms with Crippen LogP contribution in [0.5, 0.6) is 0 Å². The predicted molar refractivity (Wildman–Crippen MR) is 75.3 cm³/mol. The van der Waals surface area contributed by atoms with Crippen LogP contribution in [-0.2, 0) is 11.2 Å².